The molecule has 0 radical (unpaired) electrons. The number of quaternary nitrogens is 1. The lowest BCUT2D eigenvalue weighted by atomic mass is 10.0. The second kappa shape index (κ2) is 6.24. The summed E-state index contributed by atoms with van der Waals surface area (Å²) in [7, 11) is 0. The summed E-state index contributed by atoms with van der Waals surface area (Å²) in [5, 5.41) is 5.68. The molecule has 2 aromatic rings. The monoisotopic (exact) mass is 345 g/mol. The van der Waals surface area contributed by atoms with E-state index in [1.54, 1.807) is 21.6 Å². The molecule has 1 fully saturated rings. The van der Waals surface area contributed by atoms with E-state index in [0.717, 1.165) is 6.67 Å². The van der Waals surface area contributed by atoms with Gasteiger partial charge in [-0.3, -0.25) is 4.40 Å². The second-order valence-electron chi connectivity index (χ2n) is 5.65. The molecule has 1 N–H and O–H groups in total. The predicted octanol–water partition coefficient (Wildman–Crippen LogP) is 2.98. The summed E-state index contributed by atoms with van der Waals surface area (Å²) in [6, 6.07) is 2.40. The summed E-state index contributed by atoms with van der Waals surface area (Å²) in [6.45, 7) is 4.24. The first-order valence-corrected chi connectivity index (χ1v) is 8.55. The van der Waals surface area contributed by atoms with Crippen LogP contribution in [0.2, 0.25) is 10.0 Å². The van der Waals surface area contributed by atoms with Gasteiger partial charge in [0.25, 0.3) is 0 Å². The number of hydrogen-bond acceptors (Lipinski definition) is 2. The average molecular weight is 346 g/mol. The maximum absolute atomic E-state index is 6.21. The fourth-order valence-electron chi connectivity index (χ4n) is 3.19. The number of aromatic nitrogens is 3. The first-order chi connectivity index (χ1) is 10.1. The highest BCUT2D eigenvalue weighted by atomic mass is 35.5. The predicted molar refractivity (Wildman–Crippen MR) is 87.8 cm³/mol. The molecule has 0 aromatic carbocycles. The lowest BCUT2D eigenvalue weighted by molar-refractivity contribution is -0.953. The van der Waals surface area contributed by atoms with Crippen molar-refractivity contribution in [2.45, 2.75) is 45.3 Å². The number of rotatable bonds is 3. The van der Waals surface area contributed by atoms with Crippen molar-refractivity contribution in [3.8, 4) is 0 Å². The molecule has 114 valence electrons. The Bertz CT molecular complexity index is 709. The van der Waals surface area contributed by atoms with Gasteiger partial charge in [0.05, 0.1) is 22.6 Å². The number of piperidine rings is 1. The zero-order chi connectivity index (χ0) is 15.0. The number of nitrogens with one attached hydrogen (secondary N) is 1. The van der Waals surface area contributed by atoms with Crippen LogP contribution < -0.4 is 4.90 Å². The largest absolute Gasteiger partial charge is 0.314 e. The van der Waals surface area contributed by atoms with Gasteiger partial charge in [-0.1, -0.05) is 30.1 Å². The van der Waals surface area contributed by atoms with Crippen molar-refractivity contribution >= 4 is 41.1 Å². The molecule has 0 saturated carbocycles. The molecule has 0 spiro atoms. The van der Waals surface area contributed by atoms with Crippen LogP contribution in [0.4, 0.5) is 0 Å². The van der Waals surface area contributed by atoms with Gasteiger partial charge in [0.2, 0.25) is 4.77 Å². The van der Waals surface area contributed by atoms with Crippen LogP contribution in [0.5, 0.6) is 0 Å². The molecule has 2 atom stereocenters. The van der Waals surface area contributed by atoms with Gasteiger partial charge in [0.15, 0.2) is 12.3 Å². The van der Waals surface area contributed by atoms with E-state index in [9.17, 15) is 0 Å². The van der Waals surface area contributed by atoms with Crippen molar-refractivity contribution in [1.29, 1.82) is 0 Å². The Morgan fingerprint density at radius 2 is 2.24 bits per heavy atom. The van der Waals surface area contributed by atoms with Crippen molar-refractivity contribution < 1.29 is 4.90 Å². The maximum atomic E-state index is 6.21. The van der Waals surface area contributed by atoms with E-state index >= 15 is 0 Å². The van der Waals surface area contributed by atoms with Crippen molar-refractivity contribution in [2.24, 2.45) is 0 Å². The average Bonchev–Trinajstić information content (AvgIpc) is 2.77. The minimum absolute atomic E-state index is 0.535. The smallest absolute Gasteiger partial charge is 0.207 e. The highest BCUT2D eigenvalue weighted by molar-refractivity contribution is 7.71. The zero-order valence-electron chi connectivity index (χ0n) is 12.0. The van der Waals surface area contributed by atoms with Crippen LogP contribution in [0.3, 0.4) is 0 Å². The minimum atomic E-state index is 0.535. The van der Waals surface area contributed by atoms with E-state index < -0.39 is 0 Å². The molecular formula is C14H19Cl2N4S+. The highest BCUT2D eigenvalue weighted by Gasteiger charge is 2.25. The SMILES string of the molecule is CC[C@H]1CCCC[NH+]1Cn1nc2c(Cl)cc(Cl)cn2c1=S. The lowest BCUT2D eigenvalue weighted by Crippen LogP contribution is -3.15. The molecule has 3 heterocycles. The number of fused-ring (bicyclic) bond motifs is 1. The van der Waals surface area contributed by atoms with Crippen LogP contribution in [0.15, 0.2) is 12.3 Å². The molecule has 4 nitrogen and oxygen atoms in total. The van der Waals surface area contributed by atoms with Crippen molar-refractivity contribution in [3.05, 3.63) is 27.1 Å². The number of pyridine rings is 1. The fourth-order valence-corrected chi connectivity index (χ4v) is 3.95. The second-order valence-corrected chi connectivity index (χ2v) is 6.86. The molecule has 0 bridgehead atoms. The van der Waals surface area contributed by atoms with Crippen molar-refractivity contribution in [3.63, 3.8) is 0 Å². The van der Waals surface area contributed by atoms with Gasteiger partial charge in [-0.25, -0.2) is 0 Å². The Morgan fingerprint density at radius 1 is 1.43 bits per heavy atom. The first-order valence-electron chi connectivity index (χ1n) is 7.39. The van der Waals surface area contributed by atoms with Crippen LogP contribution in [0.25, 0.3) is 5.65 Å². The topological polar surface area (TPSA) is 26.7 Å². The summed E-state index contributed by atoms with van der Waals surface area (Å²) in [5.74, 6) is 0. The number of nitrogens with zero attached hydrogens (tertiary/aromatic N) is 3. The summed E-state index contributed by atoms with van der Waals surface area (Å²) < 4.78 is 4.34. The summed E-state index contributed by atoms with van der Waals surface area (Å²) >= 11 is 17.8. The van der Waals surface area contributed by atoms with E-state index in [4.69, 9.17) is 35.4 Å². The molecule has 7 heteroatoms. The molecule has 1 aliphatic rings. The minimum Gasteiger partial charge on any atom is -0.314 e. The molecule has 21 heavy (non-hydrogen) atoms. The van der Waals surface area contributed by atoms with Crippen molar-refractivity contribution in [1.82, 2.24) is 14.2 Å². The molecular weight excluding hydrogens is 327 g/mol. The van der Waals surface area contributed by atoms with Gasteiger partial charge < -0.3 is 4.90 Å². The van der Waals surface area contributed by atoms with Gasteiger partial charge in [-0.05, 0) is 44.0 Å². The van der Waals surface area contributed by atoms with E-state index in [2.05, 4.69) is 12.0 Å². The standard InChI is InChI=1S/C14H18Cl2N4S/c1-2-11-5-3-4-6-18(11)9-20-14(21)19-8-10(15)7-12(16)13(19)17-20/h7-8,11H,2-6,9H2,1H3/p+1/t11-/m0/s1. The Hall–Kier alpha value is -0.620. The third-order valence-electron chi connectivity index (χ3n) is 4.32. The zero-order valence-corrected chi connectivity index (χ0v) is 14.3. The van der Waals surface area contributed by atoms with Gasteiger partial charge in [0, 0.05) is 6.20 Å². The molecule has 0 aliphatic carbocycles. The van der Waals surface area contributed by atoms with Crippen LogP contribution in [-0.4, -0.2) is 26.8 Å². The summed E-state index contributed by atoms with van der Waals surface area (Å²) in [4.78, 5) is 1.56. The number of likely N-dealkylation sites (tertiary alicyclic amines) is 1. The van der Waals surface area contributed by atoms with E-state index in [1.807, 2.05) is 4.68 Å². The Labute approximate surface area is 139 Å². The van der Waals surface area contributed by atoms with Crippen molar-refractivity contribution in [2.75, 3.05) is 6.54 Å². The molecule has 2 aromatic heterocycles. The van der Waals surface area contributed by atoms with E-state index in [0.29, 0.717) is 26.5 Å². The van der Waals surface area contributed by atoms with Crippen LogP contribution in [-0.2, 0) is 6.67 Å². The van der Waals surface area contributed by atoms with Crippen LogP contribution in [0, 0.1) is 4.77 Å². The highest BCUT2D eigenvalue weighted by Crippen LogP contribution is 2.21. The molecule has 3 rings (SSSR count). The lowest BCUT2D eigenvalue weighted by Gasteiger charge is -2.31. The molecule has 0 amide bonds. The van der Waals surface area contributed by atoms with Crippen LogP contribution >= 0.6 is 35.4 Å². The summed E-state index contributed by atoms with van der Waals surface area (Å²) in [6.07, 6.45) is 6.87. The number of halogens is 2. The quantitative estimate of drug-likeness (QED) is 0.865. The van der Waals surface area contributed by atoms with Gasteiger partial charge in [0.1, 0.15) is 0 Å². The van der Waals surface area contributed by atoms with Gasteiger partial charge in [-0.2, -0.15) is 4.68 Å². The number of hydrogen-bond donors (Lipinski definition) is 1. The normalized spacial score (nSPS) is 22.8. The Morgan fingerprint density at radius 3 is 3.00 bits per heavy atom. The third kappa shape index (κ3) is 2.97. The third-order valence-corrected chi connectivity index (χ3v) is 5.22. The van der Waals surface area contributed by atoms with Crippen LogP contribution in [0.1, 0.15) is 32.6 Å². The molecule has 1 aliphatic heterocycles. The van der Waals surface area contributed by atoms with Gasteiger partial charge >= 0.3 is 0 Å². The van der Waals surface area contributed by atoms with Gasteiger partial charge in [-0.15, -0.1) is 5.10 Å². The van der Waals surface area contributed by atoms with E-state index in [1.165, 1.54) is 32.2 Å². The molecule has 1 unspecified atom stereocenters. The fraction of sp³-hybridized carbons (Fsp3) is 0.571. The summed E-state index contributed by atoms with van der Waals surface area (Å²) in [5.41, 5.74) is 0.676. The van der Waals surface area contributed by atoms with E-state index in [-0.39, 0.29) is 0 Å². The molecule has 1 saturated heterocycles. The Kier molecular flexibility index (Phi) is 4.54. The maximum Gasteiger partial charge on any atom is 0.207 e. The Balaban J connectivity index is 1.96. The first kappa shape index (κ1) is 15.3.